The van der Waals surface area contributed by atoms with E-state index in [0.29, 0.717) is 49.4 Å². The fraction of sp³-hybridized carbons (Fsp3) is 0.300. The van der Waals surface area contributed by atoms with Crippen molar-refractivity contribution in [3.05, 3.63) is 101 Å². The second-order valence-corrected chi connectivity index (χ2v) is 9.68. The van der Waals surface area contributed by atoms with Crippen LogP contribution in [0.1, 0.15) is 39.1 Å². The molecule has 1 N–H and O–H groups in total. The Morgan fingerprint density at radius 3 is 2.36 bits per heavy atom. The molecule has 39 heavy (non-hydrogen) atoms. The van der Waals surface area contributed by atoms with Gasteiger partial charge < -0.3 is 19.7 Å². The van der Waals surface area contributed by atoms with Gasteiger partial charge in [0, 0.05) is 43.6 Å². The minimum Gasteiger partial charge on any atom is -0.497 e. The lowest BCUT2D eigenvalue weighted by Crippen LogP contribution is -2.59. The zero-order chi connectivity index (χ0) is 27.4. The Kier molecular flexibility index (Phi) is 7.60. The standard InChI is InChI=1S/C30H30FN3O5/c1-38-25-9-5-8-23(18-25)29(37)34-26(27(35)32-19-21-6-3-2-4-7-21)20-39-30(34)14-16-33(17-15-30)28(36)22-10-12-24(31)13-11-22/h2-13,18,26H,14-17,19-20H2,1H3,(H,32,35). The van der Waals surface area contributed by atoms with Gasteiger partial charge in [-0.2, -0.15) is 0 Å². The Hall–Kier alpha value is -4.24. The van der Waals surface area contributed by atoms with Gasteiger partial charge in [0.1, 0.15) is 23.3 Å². The molecule has 0 saturated carbocycles. The van der Waals surface area contributed by atoms with Crippen LogP contribution in [-0.4, -0.2) is 66.1 Å². The number of methoxy groups -OCH3 is 1. The zero-order valence-electron chi connectivity index (χ0n) is 21.6. The number of hydrogen-bond acceptors (Lipinski definition) is 5. The maximum Gasteiger partial charge on any atom is 0.257 e. The summed E-state index contributed by atoms with van der Waals surface area (Å²) in [6.07, 6.45) is 0.663. The summed E-state index contributed by atoms with van der Waals surface area (Å²) in [4.78, 5) is 43.6. The van der Waals surface area contributed by atoms with Crippen LogP contribution in [0.4, 0.5) is 4.39 Å². The minimum atomic E-state index is -1.05. The molecular formula is C30H30FN3O5. The summed E-state index contributed by atoms with van der Waals surface area (Å²) in [5.41, 5.74) is 0.666. The summed E-state index contributed by atoms with van der Waals surface area (Å²) in [7, 11) is 1.53. The van der Waals surface area contributed by atoms with E-state index in [1.807, 2.05) is 30.3 Å². The fourth-order valence-electron chi connectivity index (χ4n) is 5.20. The van der Waals surface area contributed by atoms with Crippen molar-refractivity contribution in [3.8, 4) is 5.75 Å². The molecule has 1 unspecified atom stereocenters. The molecular weight excluding hydrogens is 501 g/mol. The molecule has 9 heteroatoms. The van der Waals surface area contributed by atoms with Crippen LogP contribution in [0.25, 0.3) is 0 Å². The second-order valence-electron chi connectivity index (χ2n) is 9.68. The third-order valence-corrected chi connectivity index (χ3v) is 7.33. The fourth-order valence-corrected chi connectivity index (χ4v) is 5.20. The van der Waals surface area contributed by atoms with Gasteiger partial charge in [-0.3, -0.25) is 19.3 Å². The predicted molar refractivity (Wildman–Crippen MR) is 141 cm³/mol. The molecule has 1 atom stereocenters. The van der Waals surface area contributed by atoms with Crippen molar-refractivity contribution < 1.29 is 28.2 Å². The van der Waals surface area contributed by atoms with E-state index in [2.05, 4.69) is 5.32 Å². The van der Waals surface area contributed by atoms with Gasteiger partial charge in [-0.1, -0.05) is 36.4 Å². The highest BCUT2D eigenvalue weighted by Crippen LogP contribution is 2.39. The molecule has 2 saturated heterocycles. The first kappa shape index (κ1) is 26.4. The summed E-state index contributed by atoms with van der Waals surface area (Å²) in [6.45, 7) is 0.999. The smallest absolute Gasteiger partial charge is 0.257 e. The molecule has 3 aromatic rings. The lowest BCUT2D eigenvalue weighted by molar-refractivity contribution is -0.128. The van der Waals surface area contributed by atoms with Crippen molar-refractivity contribution in [3.63, 3.8) is 0 Å². The summed E-state index contributed by atoms with van der Waals surface area (Å²) in [5.74, 6) is -0.751. The van der Waals surface area contributed by atoms with Crippen LogP contribution < -0.4 is 10.1 Å². The Balaban J connectivity index is 1.37. The maximum absolute atomic E-state index is 13.9. The van der Waals surface area contributed by atoms with Crippen LogP contribution in [0.2, 0.25) is 0 Å². The Bertz CT molecular complexity index is 1340. The van der Waals surface area contributed by atoms with Gasteiger partial charge in [0.2, 0.25) is 5.91 Å². The minimum absolute atomic E-state index is 0.0439. The maximum atomic E-state index is 13.9. The molecule has 5 rings (SSSR count). The van der Waals surface area contributed by atoms with Gasteiger partial charge in [-0.05, 0) is 48.0 Å². The van der Waals surface area contributed by atoms with E-state index in [0.717, 1.165) is 5.56 Å². The van der Waals surface area contributed by atoms with Crippen molar-refractivity contribution in [2.75, 3.05) is 26.8 Å². The molecule has 0 radical (unpaired) electrons. The lowest BCUT2D eigenvalue weighted by atomic mass is 9.96. The number of nitrogens with one attached hydrogen (secondary N) is 1. The Labute approximate surface area is 226 Å². The first-order valence-corrected chi connectivity index (χ1v) is 12.9. The van der Waals surface area contributed by atoms with Gasteiger partial charge in [0.05, 0.1) is 13.7 Å². The predicted octanol–water partition coefficient (Wildman–Crippen LogP) is 3.62. The molecule has 2 aliphatic heterocycles. The van der Waals surface area contributed by atoms with E-state index in [-0.39, 0.29) is 24.3 Å². The monoisotopic (exact) mass is 531 g/mol. The number of rotatable bonds is 6. The number of hydrogen-bond donors (Lipinski definition) is 1. The molecule has 0 aromatic heterocycles. The molecule has 1 spiro atoms. The molecule has 3 amide bonds. The van der Waals surface area contributed by atoms with Crippen LogP contribution >= 0.6 is 0 Å². The lowest BCUT2D eigenvalue weighted by Gasteiger charge is -2.44. The topological polar surface area (TPSA) is 88.2 Å². The Morgan fingerprint density at radius 1 is 0.949 bits per heavy atom. The van der Waals surface area contributed by atoms with Gasteiger partial charge in [0.15, 0.2) is 0 Å². The summed E-state index contributed by atoms with van der Waals surface area (Å²) in [6, 6.07) is 20.9. The molecule has 0 aliphatic carbocycles. The zero-order valence-corrected chi connectivity index (χ0v) is 21.6. The van der Waals surface area contributed by atoms with Gasteiger partial charge in [0.25, 0.3) is 11.8 Å². The number of ether oxygens (including phenoxy) is 2. The van der Waals surface area contributed by atoms with E-state index in [9.17, 15) is 18.8 Å². The van der Waals surface area contributed by atoms with Crippen molar-refractivity contribution in [2.24, 2.45) is 0 Å². The molecule has 8 nitrogen and oxygen atoms in total. The number of amides is 3. The van der Waals surface area contributed by atoms with E-state index in [4.69, 9.17) is 9.47 Å². The highest BCUT2D eigenvalue weighted by Gasteiger charge is 2.54. The number of carbonyl (C=O) groups is 3. The number of likely N-dealkylation sites (tertiary alicyclic amines) is 1. The van der Waals surface area contributed by atoms with Gasteiger partial charge in [-0.15, -0.1) is 0 Å². The molecule has 2 fully saturated rings. The number of nitrogens with zero attached hydrogens (tertiary/aromatic N) is 2. The van der Waals surface area contributed by atoms with Crippen LogP contribution in [0.3, 0.4) is 0 Å². The summed E-state index contributed by atoms with van der Waals surface area (Å²) < 4.78 is 24.9. The van der Waals surface area contributed by atoms with Crippen LogP contribution in [0, 0.1) is 5.82 Å². The van der Waals surface area contributed by atoms with Crippen LogP contribution in [0.15, 0.2) is 78.9 Å². The van der Waals surface area contributed by atoms with Crippen LogP contribution in [-0.2, 0) is 16.1 Å². The van der Waals surface area contributed by atoms with Crippen molar-refractivity contribution in [1.82, 2.24) is 15.1 Å². The number of halogens is 1. The second kappa shape index (κ2) is 11.2. The first-order valence-electron chi connectivity index (χ1n) is 12.9. The van der Waals surface area contributed by atoms with Gasteiger partial charge >= 0.3 is 0 Å². The van der Waals surface area contributed by atoms with E-state index in [1.165, 1.54) is 31.4 Å². The third kappa shape index (κ3) is 5.49. The molecule has 3 aromatic carbocycles. The Morgan fingerprint density at radius 2 is 1.67 bits per heavy atom. The van der Waals surface area contributed by atoms with E-state index in [1.54, 1.807) is 34.1 Å². The van der Waals surface area contributed by atoms with E-state index >= 15 is 0 Å². The van der Waals surface area contributed by atoms with Crippen molar-refractivity contribution >= 4 is 17.7 Å². The SMILES string of the molecule is COc1cccc(C(=O)N2C(C(=O)NCc3ccccc3)COC23CCN(C(=O)c2ccc(F)cc2)CC3)c1. The number of benzene rings is 3. The first-order chi connectivity index (χ1) is 18.9. The molecule has 2 heterocycles. The average Bonchev–Trinajstić information content (AvgIpc) is 3.34. The van der Waals surface area contributed by atoms with E-state index < -0.39 is 17.6 Å². The molecule has 2 aliphatic rings. The highest BCUT2D eigenvalue weighted by atomic mass is 19.1. The van der Waals surface area contributed by atoms with Crippen molar-refractivity contribution in [1.29, 1.82) is 0 Å². The normalized spacial score (nSPS) is 18.2. The largest absolute Gasteiger partial charge is 0.497 e. The van der Waals surface area contributed by atoms with Crippen molar-refractivity contribution in [2.45, 2.75) is 31.2 Å². The summed E-state index contributed by atoms with van der Waals surface area (Å²) >= 11 is 0. The molecule has 202 valence electrons. The average molecular weight is 532 g/mol. The summed E-state index contributed by atoms with van der Waals surface area (Å²) in [5, 5.41) is 2.94. The highest BCUT2D eigenvalue weighted by molar-refractivity contribution is 5.99. The van der Waals surface area contributed by atoms with Gasteiger partial charge in [-0.25, -0.2) is 4.39 Å². The quantitative estimate of drug-likeness (QED) is 0.525. The number of carbonyl (C=O) groups excluding carboxylic acids is 3. The third-order valence-electron chi connectivity index (χ3n) is 7.33. The molecule has 0 bridgehead atoms. The van der Waals surface area contributed by atoms with Crippen LogP contribution in [0.5, 0.6) is 5.75 Å². The number of piperidine rings is 1.